The first kappa shape index (κ1) is 11.8. The predicted molar refractivity (Wildman–Crippen MR) is 68.5 cm³/mol. The summed E-state index contributed by atoms with van der Waals surface area (Å²) in [6.45, 7) is 2.02. The molecule has 1 saturated carbocycles. The molecule has 2 rings (SSSR count). The van der Waals surface area contributed by atoms with Crippen LogP contribution in [-0.4, -0.2) is 40.7 Å². The molecule has 3 atom stereocenters. The third-order valence-electron chi connectivity index (χ3n) is 3.61. The first-order valence-corrected chi connectivity index (χ1v) is 7.92. The molecule has 1 aliphatic carbocycles. The zero-order valence-corrected chi connectivity index (χ0v) is 11.5. The Morgan fingerprint density at radius 3 is 2.87 bits per heavy atom. The molecule has 0 aromatic carbocycles. The number of hydrogen-bond donors (Lipinski definition) is 0. The van der Waals surface area contributed by atoms with E-state index in [0.717, 1.165) is 24.9 Å². The van der Waals surface area contributed by atoms with E-state index in [-0.39, 0.29) is 0 Å². The molecule has 1 aliphatic heterocycles. The Bertz CT molecular complexity index is 249. The Hall–Kier alpha value is 0.300. The topological polar surface area (TPSA) is 20.3 Å². The van der Waals surface area contributed by atoms with E-state index in [4.69, 9.17) is 0 Å². The highest BCUT2D eigenvalue weighted by Crippen LogP contribution is 2.38. The molecule has 0 spiro atoms. The standard InChI is InChI=1S/C11H18BrNOS/c1-15-7-11(14)13-5-8-2-3-10(12)4-9(8)6-13/h8-10H,2-7H2,1H3. The first-order valence-electron chi connectivity index (χ1n) is 5.61. The Morgan fingerprint density at radius 1 is 1.40 bits per heavy atom. The summed E-state index contributed by atoms with van der Waals surface area (Å²) in [6, 6.07) is 0. The van der Waals surface area contributed by atoms with Gasteiger partial charge < -0.3 is 4.90 Å². The van der Waals surface area contributed by atoms with Crippen LogP contribution in [0.2, 0.25) is 0 Å². The van der Waals surface area contributed by atoms with E-state index in [1.807, 2.05) is 6.26 Å². The molecule has 86 valence electrons. The highest BCUT2D eigenvalue weighted by atomic mass is 79.9. The molecule has 0 radical (unpaired) electrons. The van der Waals surface area contributed by atoms with Gasteiger partial charge in [0.2, 0.25) is 5.91 Å². The summed E-state index contributed by atoms with van der Waals surface area (Å²) in [7, 11) is 0. The number of alkyl halides is 1. The van der Waals surface area contributed by atoms with Crippen molar-refractivity contribution in [1.82, 2.24) is 4.90 Å². The second kappa shape index (κ2) is 5.09. The first-order chi connectivity index (χ1) is 7.20. The van der Waals surface area contributed by atoms with Crippen molar-refractivity contribution in [2.45, 2.75) is 24.1 Å². The van der Waals surface area contributed by atoms with Crippen LogP contribution in [0.3, 0.4) is 0 Å². The van der Waals surface area contributed by atoms with Crippen molar-refractivity contribution in [3.05, 3.63) is 0 Å². The van der Waals surface area contributed by atoms with E-state index in [2.05, 4.69) is 20.8 Å². The summed E-state index contributed by atoms with van der Waals surface area (Å²) < 4.78 is 0. The van der Waals surface area contributed by atoms with Crippen LogP contribution < -0.4 is 0 Å². The van der Waals surface area contributed by atoms with Crippen LogP contribution in [0.4, 0.5) is 0 Å². The molecular weight excluding hydrogens is 274 g/mol. The number of hydrogen-bond acceptors (Lipinski definition) is 2. The lowest BCUT2D eigenvalue weighted by atomic mass is 9.82. The second-order valence-electron chi connectivity index (χ2n) is 4.66. The molecule has 15 heavy (non-hydrogen) atoms. The van der Waals surface area contributed by atoms with Crippen molar-refractivity contribution in [3.8, 4) is 0 Å². The number of nitrogens with zero attached hydrogens (tertiary/aromatic N) is 1. The fraction of sp³-hybridized carbons (Fsp3) is 0.909. The summed E-state index contributed by atoms with van der Waals surface area (Å²) in [6.07, 6.45) is 5.83. The van der Waals surface area contributed by atoms with Crippen molar-refractivity contribution in [2.75, 3.05) is 25.1 Å². The van der Waals surface area contributed by atoms with Gasteiger partial charge in [0.15, 0.2) is 0 Å². The van der Waals surface area contributed by atoms with Gasteiger partial charge in [0, 0.05) is 17.9 Å². The van der Waals surface area contributed by atoms with E-state index in [9.17, 15) is 4.79 Å². The fourth-order valence-corrected chi connectivity index (χ4v) is 3.97. The van der Waals surface area contributed by atoms with Gasteiger partial charge in [0.05, 0.1) is 5.75 Å². The number of carbonyl (C=O) groups is 1. The Balaban J connectivity index is 1.90. The third-order valence-corrected chi connectivity index (χ3v) is 4.97. The van der Waals surface area contributed by atoms with Crippen LogP contribution in [0.15, 0.2) is 0 Å². The zero-order valence-electron chi connectivity index (χ0n) is 9.12. The van der Waals surface area contributed by atoms with Gasteiger partial charge in [-0.05, 0) is 37.4 Å². The van der Waals surface area contributed by atoms with E-state index in [0.29, 0.717) is 16.5 Å². The van der Waals surface area contributed by atoms with E-state index < -0.39 is 0 Å². The normalized spacial score (nSPS) is 35.3. The van der Waals surface area contributed by atoms with Crippen LogP contribution in [-0.2, 0) is 4.79 Å². The smallest absolute Gasteiger partial charge is 0.232 e. The summed E-state index contributed by atoms with van der Waals surface area (Å²) in [4.78, 5) is 14.5. The maximum Gasteiger partial charge on any atom is 0.232 e. The number of fused-ring (bicyclic) bond motifs is 1. The number of rotatable bonds is 2. The van der Waals surface area contributed by atoms with Crippen LogP contribution >= 0.6 is 27.7 Å². The molecule has 2 nitrogen and oxygen atoms in total. The minimum Gasteiger partial charge on any atom is -0.341 e. The van der Waals surface area contributed by atoms with Crippen LogP contribution in [0, 0.1) is 11.8 Å². The van der Waals surface area contributed by atoms with E-state index >= 15 is 0 Å². The summed E-state index contributed by atoms with van der Waals surface area (Å²) >= 11 is 5.33. The number of carbonyl (C=O) groups excluding carboxylic acids is 1. The van der Waals surface area contributed by atoms with E-state index in [1.165, 1.54) is 19.3 Å². The van der Waals surface area contributed by atoms with Gasteiger partial charge in [-0.2, -0.15) is 11.8 Å². The summed E-state index contributed by atoms with van der Waals surface area (Å²) in [5.41, 5.74) is 0. The molecule has 0 bridgehead atoms. The molecule has 1 amide bonds. The molecule has 3 unspecified atom stereocenters. The zero-order chi connectivity index (χ0) is 10.8. The number of amides is 1. The number of thioether (sulfide) groups is 1. The van der Waals surface area contributed by atoms with Crippen molar-refractivity contribution >= 4 is 33.6 Å². The number of likely N-dealkylation sites (tertiary alicyclic amines) is 1. The Morgan fingerprint density at radius 2 is 2.13 bits per heavy atom. The van der Waals surface area contributed by atoms with Gasteiger partial charge >= 0.3 is 0 Å². The molecule has 1 heterocycles. The summed E-state index contributed by atoms with van der Waals surface area (Å²) in [5.74, 6) is 2.53. The van der Waals surface area contributed by atoms with Crippen molar-refractivity contribution in [1.29, 1.82) is 0 Å². The van der Waals surface area contributed by atoms with Gasteiger partial charge in [-0.15, -0.1) is 0 Å². The lowest BCUT2D eigenvalue weighted by Gasteiger charge is -2.27. The molecular formula is C11H18BrNOS. The lowest BCUT2D eigenvalue weighted by molar-refractivity contribution is -0.127. The lowest BCUT2D eigenvalue weighted by Crippen LogP contribution is -2.30. The quantitative estimate of drug-likeness (QED) is 0.728. The maximum atomic E-state index is 11.8. The third kappa shape index (κ3) is 2.70. The van der Waals surface area contributed by atoms with Gasteiger partial charge in [0.25, 0.3) is 0 Å². The maximum absolute atomic E-state index is 11.8. The average Bonchev–Trinajstić information content (AvgIpc) is 2.60. The minimum absolute atomic E-state index is 0.336. The molecule has 0 N–H and O–H groups in total. The molecule has 2 fully saturated rings. The average molecular weight is 292 g/mol. The van der Waals surface area contributed by atoms with E-state index in [1.54, 1.807) is 11.8 Å². The molecule has 4 heteroatoms. The van der Waals surface area contributed by atoms with Crippen molar-refractivity contribution < 1.29 is 4.79 Å². The molecule has 1 saturated heterocycles. The SMILES string of the molecule is CSCC(=O)N1CC2CCC(Br)CC2C1. The molecule has 0 aromatic rings. The Kier molecular flexibility index (Phi) is 3.99. The second-order valence-corrected chi connectivity index (χ2v) is 6.82. The molecule has 2 aliphatic rings. The highest BCUT2D eigenvalue weighted by Gasteiger charge is 2.38. The van der Waals surface area contributed by atoms with Gasteiger partial charge in [-0.25, -0.2) is 0 Å². The predicted octanol–water partition coefficient (Wildman–Crippen LogP) is 2.37. The minimum atomic E-state index is 0.336. The van der Waals surface area contributed by atoms with Gasteiger partial charge in [-0.1, -0.05) is 15.9 Å². The fourth-order valence-electron chi connectivity index (χ4n) is 2.79. The van der Waals surface area contributed by atoms with Crippen LogP contribution in [0.1, 0.15) is 19.3 Å². The highest BCUT2D eigenvalue weighted by molar-refractivity contribution is 9.09. The van der Waals surface area contributed by atoms with Crippen LogP contribution in [0.5, 0.6) is 0 Å². The Labute approximate surface area is 104 Å². The van der Waals surface area contributed by atoms with Crippen molar-refractivity contribution in [3.63, 3.8) is 0 Å². The van der Waals surface area contributed by atoms with Gasteiger partial charge in [0.1, 0.15) is 0 Å². The summed E-state index contributed by atoms with van der Waals surface area (Å²) in [5, 5.41) is 0. The van der Waals surface area contributed by atoms with Crippen molar-refractivity contribution in [2.24, 2.45) is 11.8 Å². The number of halogens is 1. The largest absolute Gasteiger partial charge is 0.341 e. The van der Waals surface area contributed by atoms with Crippen LogP contribution in [0.25, 0.3) is 0 Å². The van der Waals surface area contributed by atoms with Gasteiger partial charge in [-0.3, -0.25) is 4.79 Å². The molecule has 0 aromatic heterocycles. The monoisotopic (exact) mass is 291 g/mol.